The van der Waals surface area contributed by atoms with Crippen molar-refractivity contribution in [3.05, 3.63) is 29.3 Å². The summed E-state index contributed by atoms with van der Waals surface area (Å²) in [7, 11) is 0. The zero-order chi connectivity index (χ0) is 16.8. The highest BCUT2D eigenvalue weighted by atomic mass is 32.2. The second-order valence-electron chi connectivity index (χ2n) is 5.71. The molecule has 2 rings (SSSR count). The molecule has 1 heterocycles. The molecule has 0 radical (unpaired) electrons. The summed E-state index contributed by atoms with van der Waals surface area (Å²) in [5, 5.41) is 5.87. The monoisotopic (exact) mass is 333 g/mol. The van der Waals surface area contributed by atoms with E-state index >= 15 is 0 Å². The van der Waals surface area contributed by atoms with Crippen molar-refractivity contribution in [1.29, 1.82) is 0 Å². The molecule has 0 saturated carbocycles. The number of hydrogen-bond acceptors (Lipinski definition) is 4. The van der Waals surface area contributed by atoms with Gasteiger partial charge in [-0.25, -0.2) is 0 Å². The van der Waals surface area contributed by atoms with Crippen molar-refractivity contribution in [3.63, 3.8) is 0 Å². The largest absolute Gasteiger partial charge is 0.326 e. The predicted molar refractivity (Wildman–Crippen MR) is 95.9 cm³/mol. The van der Waals surface area contributed by atoms with E-state index in [2.05, 4.69) is 22.5 Å². The standard InChI is InChI=1S/C17H23N3O2S/c1-4-5-8-18-17-20-16(22)14(23-17)10-15(21)19-13-9-11(2)6-7-12(13)3/h6-7,9,14H,4-5,8,10H2,1-3H3,(H,19,21)(H,18,20,22). The van der Waals surface area contributed by atoms with Crippen molar-refractivity contribution in [2.24, 2.45) is 4.99 Å². The molecule has 124 valence electrons. The maximum atomic E-state index is 12.2. The third-order valence-electron chi connectivity index (χ3n) is 3.58. The Morgan fingerprint density at radius 2 is 2.17 bits per heavy atom. The molecule has 6 heteroatoms. The highest BCUT2D eigenvalue weighted by Gasteiger charge is 2.31. The first-order valence-electron chi connectivity index (χ1n) is 7.88. The number of anilines is 1. The lowest BCUT2D eigenvalue weighted by Crippen LogP contribution is -2.28. The van der Waals surface area contributed by atoms with Crippen LogP contribution < -0.4 is 10.6 Å². The fourth-order valence-corrected chi connectivity index (χ4v) is 3.19. The van der Waals surface area contributed by atoms with Gasteiger partial charge in [0.2, 0.25) is 11.8 Å². The quantitative estimate of drug-likeness (QED) is 0.786. The lowest BCUT2D eigenvalue weighted by molar-refractivity contribution is -0.122. The number of hydrogen-bond donors (Lipinski definition) is 2. The number of amides is 2. The molecule has 1 aliphatic rings. The van der Waals surface area contributed by atoms with Crippen molar-refractivity contribution in [2.75, 3.05) is 11.9 Å². The Morgan fingerprint density at radius 3 is 2.91 bits per heavy atom. The minimum Gasteiger partial charge on any atom is -0.326 e. The molecule has 1 atom stereocenters. The molecule has 5 nitrogen and oxygen atoms in total. The van der Waals surface area contributed by atoms with E-state index in [-0.39, 0.29) is 18.2 Å². The molecule has 1 fully saturated rings. The average molecular weight is 333 g/mol. The first kappa shape index (κ1) is 17.5. The summed E-state index contributed by atoms with van der Waals surface area (Å²) in [5.41, 5.74) is 2.90. The second-order valence-corrected chi connectivity index (χ2v) is 6.90. The molecule has 23 heavy (non-hydrogen) atoms. The van der Waals surface area contributed by atoms with E-state index < -0.39 is 5.25 Å². The first-order chi connectivity index (χ1) is 11.0. The highest BCUT2D eigenvalue weighted by molar-refractivity contribution is 8.15. The molecule has 1 unspecified atom stereocenters. The van der Waals surface area contributed by atoms with Gasteiger partial charge in [0.1, 0.15) is 5.25 Å². The molecular weight excluding hydrogens is 310 g/mol. The Bertz CT molecular complexity index is 628. The molecule has 1 aliphatic heterocycles. The van der Waals surface area contributed by atoms with Crippen LogP contribution in [0.1, 0.15) is 37.3 Å². The van der Waals surface area contributed by atoms with Crippen LogP contribution in [0.2, 0.25) is 0 Å². The molecule has 0 aromatic heterocycles. The molecule has 2 N–H and O–H groups in total. The molecule has 1 saturated heterocycles. The average Bonchev–Trinajstić information content (AvgIpc) is 2.83. The van der Waals surface area contributed by atoms with Gasteiger partial charge in [0, 0.05) is 18.7 Å². The summed E-state index contributed by atoms with van der Waals surface area (Å²) in [4.78, 5) is 28.5. The summed E-state index contributed by atoms with van der Waals surface area (Å²) in [6, 6.07) is 5.91. The topological polar surface area (TPSA) is 70.6 Å². The van der Waals surface area contributed by atoms with Gasteiger partial charge >= 0.3 is 0 Å². The van der Waals surface area contributed by atoms with E-state index in [9.17, 15) is 9.59 Å². The van der Waals surface area contributed by atoms with Crippen molar-refractivity contribution >= 4 is 34.4 Å². The van der Waals surface area contributed by atoms with Gasteiger partial charge in [-0.2, -0.15) is 0 Å². The maximum Gasteiger partial charge on any atom is 0.240 e. The molecular formula is C17H23N3O2S. The molecule has 0 aliphatic carbocycles. The zero-order valence-corrected chi connectivity index (χ0v) is 14.6. The van der Waals surface area contributed by atoms with Gasteiger partial charge in [-0.1, -0.05) is 37.2 Å². The number of rotatable bonds is 6. The fourth-order valence-electron chi connectivity index (χ4n) is 2.19. The van der Waals surface area contributed by atoms with Crippen LogP contribution in [0.5, 0.6) is 0 Å². The number of aryl methyl sites for hydroxylation is 2. The minimum absolute atomic E-state index is 0.138. The van der Waals surface area contributed by atoms with Gasteiger partial charge < -0.3 is 10.6 Å². The number of benzene rings is 1. The van der Waals surface area contributed by atoms with Crippen LogP contribution in [-0.4, -0.2) is 28.8 Å². The van der Waals surface area contributed by atoms with Crippen molar-refractivity contribution in [3.8, 4) is 0 Å². The van der Waals surface area contributed by atoms with E-state index in [0.717, 1.165) is 29.7 Å². The van der Waals surface area contributed by atoms with Gasteiger partial charge in [-0.3, -0.25) is 14.6 Å². The Morgan fingerprint density at radius 1 is 1.39 bits per heavy atom. The van der Waals surface area contributed by atoms with Crippen LogP contribution in [0.3, 0.4) is 0 Å². The van der Waals surface area contributed by atoms with E-state index in [1.54, 1.807) is 0 Å². The van der Waals surface area contributed by atoms with Crippen molar-refractivity contribution in [2.45, 2.75) is 45.3 Å². The first-order valence-corrected chi connectivity index (χ1v) is 8.76. The molecule has 1 aromatic carbocycles. The Kier molecular flexibility index (Phi) is 6.21. The van der Waals surface area contributed by atoms with Gasteiger partial charge in [0.05, 0.1) is 0 Å². The van der Waals surface area contributed by atoms with Crippen LogP contribution >= 0.6 is 11.8 Å². The lowest BCUT2D eigenvalue weighted by Gasteiger charge is -2.10. The van der Waals surface area contributed by atoms with Crippen molar-refractivity contribution < 1.29 is 9.59 Å². The Balaban J connectivity index is 1.91. The lowest BCUT2D eigenvalue weighted by atomic mass is 10.1. The minimum atomic E-state index is -0.402. The van der Waals surface area contributed by atoms with Gasteiger partial charge in [-0.05, 0) is 37.5 Å². The van der Waals surface area contributed by atoms with E-state index in [4.69, 9.17) is 0 Å². The normalized spacial score (nSPS) is 19.0. The summed E-state index contributed by atoms with van der Waals surface area (Å²) >= 11 is 1.34. The number of amidine groups is 1. The number of aliphatic imine (C=N–C) groups is 1. The summed E-state index contributed by atoms with van der Waals surface area (Å²) in [5.74, 6) is -0.289. The molecule has 0 spiro atoms. The fraction of sp³-hybridized carbons (Fsp3) is 0.471. The third-order valence-corrected chi connectivity index (χ3v) is 4.70. The van der Waals surface area contributed by atoms with Gasteiger partial charge in [-0.15, -0.1) is 0 Å². The van der Waals surface area contributed by atoms with Crippen LogP contribution in [0.15, 0.2) is 23.2 Å². The number of nitrogens with one attached hydrogen (secondary N) is 2. The van der Waals surface area contributed by atoms with Crippen molar-refractivity contribution in [1.82, 2.24) is 5.32 Å². The number of unbranched alkanes of at least 4 members (excludes halogenated alkanes) is 1. The predicted octanol–water partition coefficient (Wildman–Crippen LogP) is 3.02. The van der Waals surface area contributed by atoms with E-state index in [1.807, 2.05) is 32.0 Å². The highest BCUT2D eigenvalue weighted by Crippen LogP contribution is 2.24. The van der Waals surface area contributed by atoms with Gasteiger partial charge in [0.15, 0.2) is 5.17 Å². The smallest absolute Gasteiger partial charge is 0.240 e. The van der Waals surface area contributed by atoms with Gasteiger partial charge in [0.25, 0.3) is 0 Å². The Labute approximate surface area is 141 Å². The van der Waals surface area contributed by atoms with Crippen LogP contribution in [-0.2, 0) is 9.59 Å². The third kappa shape index (κ3) is 5.10. The molecule has 0 bridgehead atoms. The SMILES string of the molecule is CCCCN=C1NC(=O)C(CC(=O)Nc2cc(C)ccc2C)S1. The second kappa shape index (κ2) is 8.15. The zero-order valence-electron chi connectivity index (χ0n) is 13.8. The number of thioether (sulfide) groups is 1. The number of carbonyl (C=O) groups is 2. The van der Waals surface area contributed by atoms with Crippen LogP contribution in [0.4, 0.5) is 5.69 Å². The molecule has 2 amide bonds. The maximum absolute atomic E-state index is 12.2. The van der Waals surface area contributed by atoms with E-state index in [0.29, 0.717) is 11.7 Å². The number of nitrogens with zero attached hydrogens (tertiary/aromatic N) is 1. The van der Waals surface area contributed by atoms with Crippen LogP contribution in [0.25, 0.3) is 0 Å². The summed E-state index contributed by atoms with van der Waals surface area (Å²) < 4.78 is 0. The van der Waals surface area contributed by atoms with Crippen LogP contribution in [0, 0.1) is 13.8 Å². The Hall–Kier alpha value is -1.82. The summed E-state index contributed by atoms with van der Waals surface area (Å²) in [6.07, 6.45) is 2.21. The molecule has 1 aromatic rings. The van der Waals surface area contributed by atoms with E-state index in [1.165, 1.54) is 11.8 Å². The number of carbonyl (C=O) groups excluding carboxylic acids is 2. The summed E-state index contributed by atoms with van der Waals surface area (Å²) in [6.45, 7) is 6.74.